The minimum atomic E-state index is -0.653. The van der Waals surface area contributed by atoms with Crippen LogP contribution in [0.3, 0.4) is 0 Å². The molecule has 0 aliphatic carbocycles. The molecule has 23 heavy (non-hydrogen) atoms. The molecule has 3 aromatic rings. The fourth-order valence-corrected chi connectivity index (χ4v) is 2.21. The van der Waals surface area contributed by atoms with Crippen LogP contribution in [0.1, 0.15) is 16.1 Å². The summed E-state index contributed by atoms with van der Waals surface area (Å²) in [6, 6.07) is 9.43. The second-order valence-electron chi connectivity index (χ2n) is 4.94. The molecule has 0 bridgehead atoms. The van der Waals surface area contributed by atoms with E-state index in [1.54, 1.807) is 36.5 Å². The molecule has 0 saturated carbocycles. The molecule has 0 unspecified atom stereocenters. The number of halogens is 1. The zero-order valence-corrected chi connectivity index (χ0v) is 12.3. The average Bonchev–Trinajstić information content (AvgIpc) is 2.57. The highest BCUT2D eigenvalue weighted by atomic mass is 19.1. The van der Waals surface area contributed by atoms with Gasteiger partial charge in [-0.2, -0.15) is 0 Å². The molecule has 1 aromatic carbocycles. The summed E-state index contributed by atoms with van der Waals surface area (Å²) in [5.41, 5.74) is 0.362. The number of nitrogens with one attached hydrogen (secondary N) is 1. The lowest BCUT2D eigenvalue weighted by Crippen LogP contribution is -2.34. The monoisotopic (exact) mass is 312 g/mol. The smallest absolute Gasteiger partial charge is 0.283 e. The Balaban J connectivity index is 1.91. The van der Waals surface area contributed by atoms with Gasteiger partial charge >= 0.3 is 0 Å². The summed E-state index contributed by atoms with van der Waals surface area (Å²) in [7, 11) is 1.52. The zero-order chi connectivity index (χ0) is 16.4. The van der Waals surface area contributed by atoms with Gasteiger partial charge in [-0.05, 0) is 18.2 Å². The minimum absolute atomic E-state index is 0.0264. The van der Waals surface area contributed by atoms with Crippen molar-refractivity contribution in [1.29, 1.82) is 0 Å². The summed E-state index contributed by atoms with van der Waals surface area (Å²) in [5, 5.41) is 2.51. The van der Waals surface area contributed by atoms with Crippen molar-refractivity contribution in [2.24, 2.45) is 7.05 Å². The van der Waals surface area contributed by atoms with Gasteiger partial charge in [0.2, 0.25) is 0 Å². The Morgan fingerprint density at radius 3 is 2.83 bits per heavy atom. The largest absolute Gasteiger partial charge is 0.346 e. The summed E-state index contributed by atoms with van der Waals surface area (Å²) in [6.45, 7) is -0.0264. The number of benzene rings is 1. The number of aromatic nitrogens is 3. The maximum atomic E-state index is 13.6. The molecule has 1 N–H and O–H groups in total. The third-order valence-corrected chi connectivity index (χ3v) is 3.44. The predicted octanol–water partition coefficient (Wildman–Crippen LogP) is 1.40. The van der Waals surface area contributed by atoms with Gasteiger partial charge in [-0.25, -0.2) is 14.4 Å². The predicted molar refractivity (Wildman–Crippen MR) is 82.3 cm³/mol. The van der Waals surface area contributed by atoms with Crippen LogP contribution in [-0.4, -0.2) is 20.4 Å². The Morgan fingerprint density at radius 1 is 1.26 bits per heavy atom. The van der Waals surface area contributed by atoms with Crippen molar-refractivity contribution in [3.8, 4) is 0 Å². The lowest BCUT2D eigenvalue weighted by molar-refractivity contribution is 0.0944. The summed E-state index contributed by atoms with van der Waals surface area (Å²) >= 11 is 0. The molecule has 2 heterocycles. The number of hydrogen-bond donors (Lipinski definition) is 1. The van der Waals surface area contributed by atoms with E-state index in [1.165, 1.54) is 17.7 Å². The molecule has 7 heteroatoms. The maximum absolute atomic E-state index is 13.6. The van der Waals surface area contributed by atoms with Gasteiger partial charge in [0.05, 0.1) is 0 Å². The third kappa shape index (κ3) is 2.80. The number of rotatable bonds is 3. The molecule has 2 aromatic heterocycles. The number of amides is 1. The van der Waals surface area contributed by atoms with Gasteiger partial charge in [0.25, 0.3) is 11.5 Å². The fraction of sp³-hybridized carbons (Fsp3) is 0.125. The van der Waals surface area contributed by atoms with E-state index in [9.17, 15) is 14.0 Å². The number of aryl methyl sites for hydroxylation is 1. The Kier molecular flexibility index (Phi) is 3.84. The third-order valence-electron chi connectivity index (χ3n) is 3.44. The van der Waals surface area contributed by atoms with Crippen molar-refractivity contribution >= 4 is 17.1 Å². The quantitative estimate of drug-likeness (QED) is 0.793. The molecule has 0 saturated heterocycles. The Morgan fingerprint density at radius 2 is 2.04 bits per heavy atom. The average molecular weight is 312 g/mol. The fourth-order valence-electron chi connectivity index (χ4n) is 2.21. The van der Waals surface area contributed by atoms with E-state index in [1.807, 2.05) is 0 Å². The zero-order valence-electron chi connectivity index (χ0n) is 12.3. The lowest BCUT2D eigenvalue weighted by atomic mass is 10.2. The van der Waals surface area contributed by atoms with Gasteiger partial charge in [-0.15, -0.1) is 0 Å². The Hall–Kier alpha value is -3.09. The first-order valence-electron chi connectivity index (χ1n) is 6.91. The number of fused-ring (bicyclic) bond motifs is 1. The van der Waals surface area contributed by atoms with E-state index in [-0.39, 0.29) is 12.2 Å². The minimum Gasteiger partial charge on any atom is -0.346 e. The first kappa shape index (κ1) is 14.8. The molecule has 0 aliphatic heterocycles. The van der Waals surface area contributed by atoms with Gasteiger partial charge in [0.1, 0.15) is 11.3 Å². The van der Waals surface area contributed by atoms with Crippen LogP contribution in [0.25, 0.3) is 11.2 Å². The number of nitrogens with zero attached hydrogens (tertiary/aromatic N) is 3. The van der Waals surface area contributed by atoms with Gasteiger partial charge in [0, 0.05) is 25.4 Å². The van der Waals surface area contributed by atoms with E-state index in [2.05, 4.69) is 15.3 Å². The van der Waals surface area contributed by atoms with Crippen molar-refractivity contribution in [3.63, 3.8) is 0 Å². The molecule has 116 valence electrons. The van der Waals surface area contributed by atoms with Crippen LogP contribution in [0.5, 0.6) is 0 Å². The van der Waals surface area contributed by atoms with Crippen LogP contribution in [0.15, 0.2) is 47.4 Å². The normalized spacial score (nSPS) is 10.7. The van der Waals surface area contributed by atoms with E-state index in [0.717, 1.165) is 0 Å². The maximum Gasteiger partial charge on any atom is 0.283 e. The van der Waals surface area contributed by atoms with Crippen LogP contribution in [0.2, 0.25) is 0 Å². The van der Waals surface area contributed by atoms with Crippen molar-refractivity contribution < 1.29 is 9.18 Å². The second-order valence-corrected chi connectivity index (χ2v) is 4.94. The molecular weight excluding hydrogens is 299 g/mol. The number of pyridine rings is 1. The first-order chi connectivity index (χ1) is 11.1. The second kappa shape index (κ2) is 5.96. The molecule has 0 aliphatic rings. The van der Waals surface area contributed by atoms with E-state index >= 15 is 0 Å². The van der Waals surface area contributed by atoms with E-state index in [0.29, 0.717) is 16.7 Å². The number of hydrogen-bond acceptors (Lipinski definition) is 4. The molecule has 3 rings (SSSR count). The van der Waals surface area contributed by atoms with Crippen molar-refractivity contribution in [3.05, 3.63) is 70.0 Å². The Labute approximate surface area is 130 Å². The highest BCUT2D eigenvalue weighted by Gasteiger charge is 2.16. The van der Waals surface area contributed by atoms with Gasteiger partial charge in [-0.1, -0.05) is 18.2 Å². The molecule has 1 amide bonds. The van der Waals surface area contributed by atoms with Gasteiger partial charge in [-0.3, -0.25) is 14.2 Å². The SMILES string of the molecule is Cn1c(=O)c(C(=O)NCc2ccccc2F)nc2cccnc21. The number of carbonyl (C=O) groups excluding carboxylic acids is 1. The molecule has 0 fully saturated rings. The summed E-state index contributed by atoms with van der Waals surface area (Å²) in [4.78, 5) is 32.6. The standard InChI is InChI=1S/C16H13FN4O2/c1-21-14-12(7-4-8-18-14)20-13(16(21)23)15(22)19-9-10-5-2-3-6-11(10)17/h2-8H,9H2,1H3,(H,19,22). The summed E-state index contributed by atoms with van der Waals surface area (Å²) < 4.78 is 14.8. The van der Waals surface area contributed by atoms with Gasteiger partial charge < -0.3 is 5.32 Å². The van der Waals surface area contributed by atoms with Crippen LogP contribution in [0, 0.1) is 5.82 Å². The molecular formula is C16H13FN4O2. The Bertz CT molecular complexity index is 952. The van der Waals surface area contributed by atoms with Crippen molar-refractivity contribution in [1.82, 2.24) is 19.9 Å². The first-order valence-corrected chi connectivity index (χ1v) is 6.91. The van der Waals surface area contributed by atoms with Gasteiger partial charge in [0.15, 0.2) is 11.3 Å². The topological polar surface area (TPSA) is 76.9 Å². The molecule has 0 radical (unpaired) electrons. The van der Waals surface area contributed by atoms with Crippen LogP contribution in [0.4, 0.5) is 4.39 Å². The molecule has 0 atom stereocenters. The van der Waals surface area contributed by atoms with E-state index < -0.39 is 17.3 Å². The highest BCUT2D eigenvalue weighted by Crippen LogP contribution is 2.07. The molecule has 0 spiro atoms. The van der Waals surface area contributed by atoms with Crippen LogP contribution >= 0.6 is 0 Å². The summed E-state index contributed by atoms with van der Waals surface area (Å²) in [6.07, 6.45) is 1.54. The highest BCUT2D eigenvalue weighted by molar-refractivity contribution is 5.93. The van der Waals surface area contributed by atoms with Crippen molar-refractivity contribution in [2.75, 3.05) is 0 Å². The molecule has 6 nitrogen and oxygen atoms in total. The van der Waals surface area contributed by atoms with Crippen molar-refractivity contribution in [2.45, 2.75) is 6.54 Å². The number of carbonyl (C=O) groups is 1. The lowest BCUT2D eigenvalue weighted by Gasteiger charge is -2.08. The van der Waals surface area contributed by atoms with Crippen LogP contribution < -0.4 is 10.9 Å². The van der Waals surface area contributed by atoms with E-state index in [4.69, 9.17) is 0 Å². The van der Waals surface area contributed by atoms with Crippen LogP contribution in [-0.2, 0) is 13.6 Å². The summed E-state index contributed by atoms with van der Waals surface area (Å²) in [5.74, 6) is -1.07.